The van der Waals surface area contributed by atoms with E-state index in [1.165, 1.54) is 0 Å². The van der Waals surface area contributed by atoms with E-state index >= 15 is 0 Å². The molecule has 2 aromatic rings. The average molecular weight is 369 g/mol. The summed E-state index contributed by atoms with van der Waals surface area (Å²) in [6, 6.07) is 7.93. The number of ether oxygens (including phenoxy) is 4. The highest BCUT2D eigenvalue weighted by Gasteiger charge is 2.25. The predicted molar refractivity (Wildman–Crippen MR) is 102 cm³/mol. The number of hydrogen-bond acceptors (Lipinski definition) is 6. The lowest BCUT2D eigenvalue weighted by Gasteiger charge is -2.31. The smallest absolute Gasteiger partial charge is 0.231 e. The third kappa shape index (κ3) is 2.96. The van der Waals surface area contributed by atoms with Crippen LogP contribution in [0.15, 0.2) is 24.3 Å². The van der Waals surface area contributed by atoms with Crippen molar-refractivity contribution in [3.8, 4) is 23.0 Å². The van der Waals surface area contributed by atoms with Gasteiger partial charge in [-0.05, 0) is 41.8 Å². The SMILES string of the molecule is COc1ccc2c(c1OC)CN(C)C(c1cc3c(cc1CCO)OCO3)=C2. The van der Waals surface area contributed by atoms with Gasteiger partial charge in [0.1, 0.15) is 0 Å². The van der Waals surface area contributed by atoms with Crippen molar-refractivity contribution in [3.63, 3.8) is 0 Å². The Bertz CT molecular complexity index is 906. The fourth-order valence-electron chi connectivity index (χ4n) is 3.72. The molecular formula is C21H23NO5. The van der Waals surface area contributed by atoms with Gasteiger partial charge in [-0.15, -0.1) is 0 Å². The van der Waals surface area contributed by atoms with E-state index in [0.29, 0.717) is 13.0 Å². The van der Waals surface area contributed by atoms with Crippen molar-refractivity contribution in [2.75, 3.05) is 34.7 Å². The molecule has 0 amide bonds. The van der Waals surface area contributed by atoms with Gasteiger partial charge in [-0.25, -0.2) is 0 Å². The maximum atomic E-state index is 9.51. The minimum Gasteiger partial charge on any atom is -0.493 e. The minimum atomic E-state index is 0.0746. The summed E-state index contributed by atoms with van der Waals surface area (Å²) in [4.78, 5) is 2.17. The van der Waals surface area contributed by atoms with Crippen LogP contribution in [0.4, 0.5) is 0 Å². The standard InChI is InChI=1S/C21H23NO5/c1-22-11-16-13(4-5-18(24-2)21(16)25-3)8-17(22)15-10-20-19(26-12-27-20)9-14(15)6-7-23/h4-5,8-10,23H,6-7,11-12H2,1-3H3. The number of methoxy groups -OCH3 is 2. The van der Waals surface area contributed by atoms with Gasteiger partial charge in [0.2, 0.25) is 6.79 Å². The van der Waals surface area contributed by atoms with Crippen LogP contribution in [0.5, 0.6) is 23.0 Å². The van der Waals surface area contributed by atoms with Crippen molar-refractivity contribution in [3.05, 3.63) is 46.5 Å². The van der Waals surface area contributed by atoms with Crippen molar-refractivity contribution in [2.45, 2.75) is 13.0 Å². The van der Waals surface area contributed by atoms with Crippen LogP contribution in [-0.2, 0) is 13.0 Å². The zero-order valence-electron chi connectivity index (χ0n) is 15.7. The summed E-state index contributed by atoms with van der Waals surface area (Å²) < 4.78 is 22.1. The van der Waals surface area contributed by atoms with Gasteiger partial charge in [-0.3, -0.25) is 0 Å². The molecule has 27 heavy (non-hydrogen) atoms. The second-order valence-electron chi connectivity index (χ2n) is 6.59. The number of aliphatic hydroxyl groups excluding tert-OH is 1. The quantitative estimate of drug-likeness (QED) is 0.875. The Morgan fingerprint density at radius 3 is 2.59 bits per heavy atom. The Labute approximate surface area is 158 Å². The third-order valence-corrected chi connectivity index (χ3v) is 5.04. The lowest BCUT2D eigenvalue weighted by molar-refractivity contribution is 0.174. The zero-order valence-corrected chi connectivity index (χ0v) is 15.7. The molecule has 0 bridgehead atoms. The Hall–Kier alpha value is -2.86. The van der Waals surface area contributed by atoms with E-state index in [9.17, 15) is 5.11 Å². The second-order valence-corrected chi connectivity index (χ2v) is 6.59. The monoisotopic (exact) mass is 369 g/mol. The third-order valence-electron chi connectivity index (χ3n) is 5.04. The number of nitrogens with zero attached hydrogens (tertiary/aromatic N) is 1. The molecule has 2 heterocycles. The average Bonchev–Trinajstić information content (AvgIpc) is 3.13. The first-order valence-corrected chi connectivity index (χ1v) is 8.86. The lowest BCUT2D eigenvalue weighted by Crippen LogP contribution is -2.22. The molecule has 4 rings (SSSR count). The van der Waals surface area contributed by atoms with Crippen LogP contribution < -0.4 is 18.9 Å². The Balaban J connectivity index is 1.84. The van der Waals surface area contributed by atoms with Gasteiger partial charge in [-0.1, -0.05) is 6.07 Å². The fourth-order valence-corrected chi connectivity index (χ4v) is 3.72. The Morgan fingerprint density at radius 2 is 1.89 bits per heavy atom. The summed E-state index contributed by atoms with van der Waals surface area (Å²) in [6.45, 7) is 0.992. The van der Waals surface area contributed by atoms with Gasteiger partial charge < -0.3 is 29.0 Å². The molecule has 2 aliphatic rings. The Morgan fingerprint density at radius 1 is 1.11 bits per heavy atom. The van der Waals surface area contributed by atoms with Crippen LogP contribution in [0.2, 0.25) is 0 Å². The normalized spacial score (nSPS) is 14.7. The maximum absolute atomic E-state index is 9.51. The van der Waals surface area contributed by atoms with Crippen LogP contribution in [0.3, 0.4) is 0 Å². The molecule has 0 saturated carbocycles. The molecular weight excluding hydrogens is 346 g/mol. The highest BCUT2D eigenvalue weighted by Crippen LogP contribution is 2.43. The first-order chi connectivity index (χ1) is 13.2. The predicted octanol–water partition coefficient (Wildman–Crippen LogP) is 2.91. The second kappa shape index (κ2) is 7.04. The summed E-state index contributed by atoms with van der Waals surface area (Å²) in [6.07, 6.45) is 2.69. The van der Waals surface area contributed by atoms with E-state index in [-0.39, 0.29) is 13.4 Å². The molecule has 142 valence electrons. The van der Waals surface area contributed by atoms with Crippen LogP contribution >= 0.6 is 0 Å². The number of aliphatic hydroxyl groups is 1. The van der Waals surface area contributed by atoms with Gasteiger partial charge in [0.15, 0.2) is 23.0 Å². The summed E-state index contributed by atoms with van der Waals surface area (Å²) >= 11 is 0. The molecule has 2 aromatic carbocycles. The van der Waals surface area contributed by atoms with E-state index in [2.05, 4.69) is 11.0 Å². The van der Waals surface area contributed by atoms with Crippen LogP contribution in [-0.4, -0.2) is 44.7 Å². The number of benzene rings is 2. The molecule has 0 unspecified atom stereocenters. The number of fused-ring (bicyclic) bond motifs is 2. The van der Waals surface area contributed by atoms with Crippen molar-refractivity contribution < 1.29 is 24.1 Å². The van der Waals surface area contributed by atoms with Crippen LogP contribution in [0, 0.1) is 0 Å². The summed E-state index contributed by atoms with van der Waals surface area (Å²) in [5, 5.41) is 9.51. The van der Waals surface area contributed by atoms with E-state index < -0.39 is 0 Å². The van der Waals surface area contributed by atoms with E-state index in [1.54, 1.807) is 14.2 Å². The summed E-state index contributed by atoms with van der Waals surface area (Å²) in [7, 11) is 5.35. The molecule has 0 aliphatic carbocycles. The molecule has 0 fully saturated rings. The maximum Gasteiger partial charge on any atom is 0.231 e. The molecule has 0 radical (unpaired) electrons. The summed E-state index contributed by atoms with van der Waals surface area (Å²) in [5.74, 6) is 2.95. The molecule has 6 heteroatoms. The first-order valence-electron chi connectivity index (χ1n) is 8.86. The number of hydrogen-bond donors (Lipinski definition) is 1. The molecule has 0 spiro atoms. The minimum absolute atomic E-state index is 0.0746. The molecule has 6 nitrogen and oxygen atoms in total. The van der Waals surface area contributed by atoms with Gasteiger partial charge in [0, 0.05) is 37.0 Å². The topological polar surface area (TPSA) is 60.4 Å². The van der Waals surface area contributed by atoms with E-state index in [1.807, 2.05) is 31.3 Å². The first kappa shape index (κ1) is 17.5. The van der Waals surface area contributed by atoms with Crippen molar-refractivity contribution in [1.82, 2.24) is 4.90 Å². The van der Waals surface area contributed by atoms with Crippen molar-refractivity contribution >= 4 is 11.8 Å². The van der Waals surface area contributed by atoms with E-state index in [4.69, 9.17) is 18.9 Å². The summed E-state index contributed by atoms with van der Waals surface area (Å²) in [5.41, 5.74) is 5.32. The van der Waals surface area contributed by atoms with Gasteiger partial charge >= 0.3 is 0 Å². The van der Waals surface area contributed by atoms with Gasteiger partial charge in [0.25, 0.3) is 0 Å². The number of rotatable bonds is 5. The zero-order chi connectivity index (χ0) is 19.0. The highest BCUT2D eigenvalue weighted by molar-refractivity contribution is 5.86. The van der Waals surface area contributed by atoms with Gasteiger partial charge in [0.05, 0.1) is 14.2 Å². The van der Waals surface area contributed by atoms with E-state index in [0.717, 1.165) is 50.9 Å². The highest BCUT2D eigenvalue weighted by atomic mass is 16.7. The van der Waals surface area contributed by atoms with Crippen molar-refractivity contribution in [1.29, 1.82) is 0 Å². The largest absolute Gasteiger partial charge is 0.493 e. The molecule has 0 aromatic heterocycles. The fraction of sp³-hybridized carbons (Fsp3) is 0.333. The van der Waals surface area contributed by atoms with Crippen molar-refractivity contribution in [2.24, 2.45) is 0 Å². The van der Waals surface area contributed by atoms with Crippen LogP contribution in [0.25, 0.3) is 11.8 Å². The van der Waals surface area contributed by atoms with Gasteiger partial charge in [-0.2, -0.15) is 0 Å². The lowest BCUT2D eigenvalue weighted by atomic mass is 9.94. The Kier molecular flexibility index (Phi) is 4.58. The molecule has 0 saturated heterocycles. The van der Waals surface area contributed by atoms with Crippen LogP contribution in [0.1, 0.15) is 22.3 Å². The molecule has 0 atom stereocenters. The molecule has 1 N–H and O–H groups in total. The molecule has 2 aliphatic heterocycles.